The number of carbonyl (C=O) groups excluding carboxylic acids is 1. The maximum absolute atomic E-state index is 11.6. The van der Waals surface area contributed by atoms with Crippen LogP contribution in [-0.2, 0) is 6.42 Å². The highest BCUT2D eigenvalue weighted by atomic mass is 32.1. The molecule has 0 spiro atoms. The zero-order chi connectivity index (χ0) is 16.2. The molecule has 0 aliphatic rings. The van der Waals surface area contributed by atoms with Crippen LogP contribution in [0.4, 0.5) is 5.69 Å². The van der Waals surface area contributed by atoms with Crippen molar-refractivity contribution in [2.45, 2.75) is 6.42 Å². The van der Waals surface area contributed by atoms with Crippen LogP contribution in [-0.4, -0.2) is 11.2 Å². The molecule has 1 aromatic heterocycles. The highest BCUT2D eigenvalue weighted by molar-refractivity contribution is 7.17. The summed E-state index contributed by atoms with van der Waals surface area (Å²) < 4.78 is 0. The zero-order valence-corrected chi connectivity index (χ0v) is 13.0. The first-order valence-electron chi connectivity index (χ1n) is 7.05. The maximum atomic E-state index is 11.6. The van der Waals surface area contributed by atoms with Crippen LogP contribution in [0.3, 0.4) is 0 Å². The Bertz CT molecular complexity index is 841. The minimum Gasteiger partial charge on any atom is -0.297 e. The van der Waals surface area contributed by atoms with Gasteiger partial charge in [-0.25, -0.2) is 0 Å². The Hall–Kier alpha value is -2.79. The highest BCUT2D eigenvalue weighted by Crippen LogP contribution is 2.42. The molecule has 2 aromatic carbocycles. The first-order chi connectivity index (χ1) is 11.2. The van der Waals surface area contributed by atoms with E-state index in [1.807, 2.05) is 60.7 Å². The van der Waals surface area contributed by atoms with Gasteiger partial charge in [-0.05, 0) is 11.1 Å². The molecule has 23 heavy (non-hydrogen) atoms. The van der Waals surface area contributed by atoms with Crippen LogP contribution in [0, 0.1) is 10.1 Å². The number of carbonyl (C=O) groups is 1. The van der Waals surface area contributed by atoms with E-state index in [9.17, 15) is 14.9 Å². The van der Waals surface area contributed by atoms with E-state index in [4.69, 9.17) is 0 Å². The third-order valence-electron chi connectivity index (χ3n) is 3.56. The van der Waals surface area contributed by atoms with Gasteiger partial charge in [-0.1, -0.05) is 60.7 Å². The van der Waals surface area contributed by atoms with Gasteiger partial charge in [-0.2, -0.15) is 0 Å². The number of rotatable bonds is 5. The smallest absolute Gasteiger partial charge is 0.292 e. The van der Waals surface area contributed by atoms with Crippen LogP contribution >= 0.6 is 11.3 Å². The number of nitrogens with zero attached hydrogens (tertiary/aromatic N) is 1. The molecule has 3 aromatic rings. The fourth-order valence-electron chi connectivity index (χ4n) is 2.52. The monoisotopic (exact) mass is 323 g/mol. The second kappa shape index (κ2) is 6.54. The van der Waals surface area contributed by atoms with Crippen LogP contribution < -0.4 is 0 Å². The standard InChI is InChI=1S/C18H13NO3S/c20-12-16-15(11-13-7-3-1-4-8-13)17(19(21)22)18(23-16)14-9-5-2-6-10-14/h1-10,12H,11H2. The Labute approximate surface area is 137 Å². The first-order valence-corrected chi connectivity index (χ1v) is 7.87. The van der Waals surface area contributed by atoms with Crippen molar-refractivity contribution in [1.82, 2.24) is 0 Å². The molecule has 0 atom stereocenters. The SMILES string of the molecule is O=Cc1sc(-c2ccccc2)c([N+](=O)[O-])c1Cc1ccccc1. The summed E-state index contributed by atoms with van der Waals surface area (Å²) in [7, 11) is 0. The van der Waals surface area contributed by atoms with Gasteiger partial charge in [0, 0.05) is 6.42 Å². The van der Waals surface area contributed by atoms with E-state index in [-0.39, 0.29) is 10.6 Å². The van der Waals surface area contributed by atoms with E-state index in [2.05, 4.69) is 0 Å². The van der Waals surface area contributed by atoms with Crippen molar-refractivity contribution in [3.8, 4) is 10.4 Å². The molecule has 1 heterocycles. The van der Waals surface area contributed by atoms with E-state index < -0.39 is 0 Å². The highest BCUT2D eigenvalue weighted by Gasteiger charge is 2.28. The summed E-state index contributed by atoms with van der Waals surface area (Å²) in [4.78, 5) is 23.6. The predicted octanol–water partition coefficient (Wildman–Crippen LogP) is 4.73. The number of nitro groups is 1. The lowest BCUT2D eigenvalue weighted by Gasteiger charge is -2.02. The molecule has 5 heteroatoms. The van der Waals surface area contributed by atoms with Crippen molar-refractivity contribution in [2.24, 2.45) is 0 Å². The lowest BCUT2D eigenvalue weighted by molar-refractivity contribution is -0.384. The molecule has 0 saturated carbocycles. The van der Waals surface area contributed by atoms with Crippen LogP contribution in [0.5, 0.6) is 0 Å². The largest absolute Gasteiger partial charge is 0.297 e. The van der Waals surface area contributed by atoms with E-state index in [0.717, 1.165) is 11.1 Å². The first kappa shape index (κ1) is 15.1. The average Bonchev–Trinajstić information content (AvgIpc) is 2.95. The average molecular weight is 323 g/mol. The number of hydrogen-bond acceptors (Lipinski definition) is 4. The molecule has 0 unspecified atom stereocenters. The van der Waals surface area contributed by atoms with Gasteiger partial charge in [-0.3, -0.25) is 14.9 Å². The summed E-state index contributed by atoms with van der Waals surface area (Å²) in [5, 5.41) is 11.6. The van der Waals surface area contributed by atoms with Crippen molar-refractivity contribution in [3.63, 3.8) is 0 Å². The van der Waals surface area contributed by atoms with Crippen molar-refractivity contribution >= 4 is 23.3 Å². The number of hydrogen-bond donors (Lipinski definition) is 0. The van der Waals surface area contributed by atoms with Gasteiger partial charge >= 0.3 is 0 Å². The number of thiophene rings is 1. The van der Waals surface area contributed by atoms with E-state index in [1.54, 1.807) is 0 Å². The molecular weight excluding hydrogens is 310 g/mol. The molecule has 114 valence electrons. The molecule has 0 bridgehead atoms. The van der Waals surface area contributed by atoms with Crippen LogP contribution in [0.2, 0.25) is 0 Å². The Morgan fingerprint density at radius 1 is 1.00 bits per heavy atom. The van der Waals surface area contributed by atoms with Crippen molar-refractivity contribution in [2.75, 3.05) is 0 Å². The van der Waals surface area contributed by atoms with Gasteiger partial charge in [0.1, 0.15) is 4.88 Å². The van der Waals surface area contributed by atoms with E-state index >= 15 is 0 Å². The quantitative estimate of drug-likeness (QED) is 0.387. The Morgan fingerprint density at radius 2 is 1.61 bits per heavy atom. The third kappa shape index (κ3) is 3.05. The number of benzene rings is 2. The van der Waals surface area contributed by atoms with Crippen LogP contribution in [0.1, 0.15) is 20.8 Å². The molecule has 0 radical (unpaired) electrons. The molecule has 3 rings (SSSR count). The van der Waals surface area contributed by atoms with Gasteiger partial charge in [-0.15, -0.1) is 11.3 Å². The minimum atomic E-state index is -0.385. The predicted molar refractivity (Wildman–Crippen MR) is 91.0 cm³/mol. The Morgan fingerprint density at radius 3 is 2.17 bits per heavy atom. The normalized spacial score (nSPS) is 10.4. The van der Waals surface area contributed by atoms with Crippen molar-refractivity contribution < 1.29 is 9.72 Å². The summed E-state index contributed by atoms with van der Waals surface area (Å²) in [6.07, 6.45) is 1.08. The lowest BCUT2D eigenvalue weighted by Crippen LogP contribution is -1.97. The van der Waals surface area contributed by atoms with Crippen molar-refractivity contribution in [3.05, 3.63) is 86.8 Å². The fraction of sp³-hybridized carbons (Fsp3) is 0.0556. The second-order valence-corrected chi connectivity index (χ2v) is 6.08. The topological polar surface area (TPSA) is 60.2 Å². The lowest BCUT2D eigenvalue weighted by atomic mass is 10.0. The van der Waals surface area contributed by atoms with Gasteiger partial charge < -0.3 is 0 Å². The van der Waals surface area contributed by atoms with Crippen LogP contribution in [0.25, 0.3) is 10.4 Å². The van der Waals surface area contributed by atoms with Gasteiger partial charge in [0.15, 0.2) is 6.29 Å². The molecule has 0 aliphatic carbocycles. The van der Waals surface area contributed by atoms with Crippen molar-refractivity contribution in [1.29, 1.82) is 0 Å². The van der Waals surface area contributed by atoms with E-state index in [1.165, 1.54) is 11.3 Å². The molecule has 0 saturated heterocycles. The summed E-state index contributed by atoms with van der Waals surface area (Å²) in [5.74, 6) is 0. The molecule has 4 nitrogen and oxygen atoms in total. The Kier molecular flexibility index (Phi) is 4.30. The number of aldehydes is 1. The summed E-state index contributed by atoms with van der Waals surface area (Å²) in [6.45, 7) is 0. The molecule has 0 fully saturated rings. The third-order valence-corrected chi connectivity index (χ3v) is 4.76. The second-order valence-electron chi connectivity index (χ2n) is 5.03. The Balaban J connectivity index is 2.16. The van der Waals surface area contributed by atoms with Gasteiger partial charge in [0.2, 0.25) is 0 Å². The van der Waals surface area contributed by atoms with E-state index in [0.29, 0.717) is 28.0 Å². The maximum Gasteiger partial charge on any atom is 0.292 e. The summed E-state index contributed by atoms with van der Waals surface area (Å²) >= 11 is 1.18. The fourth-order valence-corrected chi connectivity index (χ4v) is 3.63. The molecular formula is C18H13NO3S. The van der Waals surface area contributed by atoms with Gasteiger partial charge in [0.05, 0.1) is 15.4 Å². The molecule has 0 aliphatic heterocycles. The van der Waals surface area contributed by atoms with Crippen LogP contribution in [0.15, 0.2) is 60.7 Å². The molecule has 0 amide bonds. The summed E-state index contributed by atoms with van der Waals surface area (Å²) in [6, 6.07) is 18.6. The summed E-state index contributed by atoms with van der Waals surface area (Å²) in [5.41, 5.74) is 2.22. The molecule has 0 N–H and O–H groups in total. The van der Waals surface area contributed by atoms with Gasteiger partial charge in [0.25, 0.3) is 5.69 Å². The zero-order valence-electron chi connectivity index (χ0n) is 12.1. The minimum absolute atomic E-state index is 0.0344.